The Bertz CT molecular complexity index is 807. The molecule has 25 heavy (non-hydrogen) atoms. The first-order chi connectivity index (χ1) is 11.8. The van der Waals surface area contributed by atoms with Crippen LogP contribution in [0.5, 0.6) is 5.75 Å². The topological polar surface area (TPSA) is 67.4 Å². The second kappa shape index (κ2) is 7.76. The van der Waals surface area contributed by atoms with Crippen molar-refractivity contribution in [2.24, 2.45) is 5.41 Å². The van der Waals surface area contributed by atoms with Gasteiger partial charge in [-0.3, -0.25) is 9.59 Å². The number of ether oxygens (including phenoxy) is 1. The van der Waals surface area contributed by atoms with Crippen LogP contribution in [-0.4, -0.2) is 18.9 Å². The quantitative estimate of drug-likeness (QED) is 0.744. The molecule has 0 atom stereocenters. The molecule has 2 amide bonds. The number of rotatable bonds is 5. The molecule has 0 heterocycles. The molecular weight excluding hydrogens is 363 g/mol. The highest BCUT2D eigenvalue weighted by Crippen LogP contribution is 2.29. The summed E-state index contributed by atoms with van der Waals surface area (Å²) in [4.78, 5) is 25.1. The van der Waals surface area contributed by atoms with Gasteiger partial charge in [-0.1, -0.05) is 35.3 Å². The maximum Gasteiger partial charge on any atom is 0.239 e. The van der Waals surface area contributed by atoms with Crippen molar-refractivity contribution in [1.82, 2.24) is 0 Å². The van der Waals surface area contributed by atoms with E-state index in [-0.39, 0.29) is 0 Å². The molecule has 0 spiro atoms. The zero-order valence-electron chi connectivity index (χ0n) is 14.0. The number of anilines is 2. The van der Waals surface area contributed by atoms with Gasteiger partial charge in [0.25, 0.3) is 0 Å². The number of benzene rings is 2. The molecule has 0 fully saturated rings. The highest BCUT2D eigenvalue weighted by molar-refractivity contribution is 6.42. The van der Waals surface area contributed by atoms with E-state index in [0.717, 1.165) is 0 Å². The Labute approximate surface area is 156 Å². The standard InChI is InChI=1S/C18H18Cl2N2O3/c1-18(2,16(23)21-11-8-9-12(19)13(20)10-11)17(24)22-14-6-4-5-7-15(14)25-3/h4-10H,1-3H3,(H,21,23)(H,22,24). The van der Waals surface area contributed by atoms with Crippen molar-refractivity contribution < 1.29 is 14.3 Å². The fourth-order valence-electron chi connectivity index (χ4n) is 1.99. The third kappa shape index (κ3) is 4.44. The van der Waals surface area contributed by atoms with Crippen LogP contribution in [0.15, 0.2) is 42.5 Å². The van der Waals surface area contributed by atoms with Crippen molar-refractivity contribution in [3.05, 3.63) is 52.5 Å². The number of amides is 2. The van der Waals surface area contributed by atoms with Crippen molar-refractivity contribution in [3.8, 4) is 5.75 Å². The molecule has 2 aromatic rings. The number of halogens is 2. The lowest BCUT2D eigenvalue weighted by atomic mass is 9.90. The Hall–Kier alpha value is -2.24. The van der Waals surface area contributed by atoms with E-state index < -0.39 is 17.2 Å². The summed E-state index contributed by atoms with van der Waals surface area (Å²) in [5.74, 6) is -0.426. The molecule has 0 saturated carbocycles. The molecule has 0 bridgehead atoms. The fraction of sp³-hybridized carbons (Fsp3) is 0.222. The average Bonchev–Trinajstić information content (AvgIpc) is 2.58. The lowest BCUT2D eigenvalue weighted by Gasteiger charge is -2.23. The molecule has 2 N–H and O–H groups in total. The molecule has 7 heteroatoms. The van der Waals surface area contributed by atoms with Crippen LogP contribution >= 0.6 is 23.2 Å². The summed E-state index contributed by atoms with van der Waals surface area (Å²) in [7, 11) is 1.51. The van der Waals surface area contributed by atoms with E-state index in [1.165, 1.54) is 27.0 Å². The summed E-state index contributed by atoms with van der Waals surface area (Å²) in [5, 5.41) is 6.09. The van der Waals surface area contributed by atoms with Crippen molar-refractivity contribution in [2.45, 2.75) is 13.8 Å². The fourth-order valence-corrected chi connectivity index (χ4v) is 2.29. The Morgan fingerprint density at radius 2 is 1.60 bits per heavy atom. The number of nitrogens with one attached hydrogen (secondary N) is 2. The molecule has 0 aromatic heterocycles. The van der Waals surface area contributed by atoms with Crippen molar-refractivity contribution in [3.63, 3.8) is 0 Å². The molecule has 0 unspecified atom stereocenters. The third-order valence-corrected chi connectivity index (χ3v) is 4.41. The minimum Gasteiger partial charge on any atom is -0.495 e. The van der Waals surface area contributed by atoms with Crippen LogP contribution in [0, 0.1) is 5.41 Å². The summed E-state index contributed by atoms with van der Waals surface area (Å²) < 4.78 is 5.20. The summed E-state index contributed by atoms with van der Waals surface area (Å²) in [5.41, 5.74) is -0.379. The van der Waals surface area contributed by atoms with Gasteiger partial charge in [0, 0.05) is 5.69 Å². The van der Waals surface area contributed by atoms with Gasteiger partial charge in [-0.2, -0.15) is 0 Å². The summed E-state index contributed by atoms with van der Waals surface area (Å²) in [6, 6.07) is 11.7. The van der Waals surface area contributed by atoms with Gasteiger partial charge < -0.3 is 15.4 Å². The minimum absolute atomic E-state index is 0.316. The van der Waals surface area contributed by atoms with Crippen LogP contribution in [0.3, 0.4) is 0 Å². The number of carbonyl (C=O) groups is 2. The van der Waals surface area contributed by atoms with E-state index >= 15 is 0 Å². The number of hydrogen-bond donors (Lipinski definition) is 2. The maximum atomic E-state index is 12.6. The first-order valence-electron chi connectivity index (χ1n) is 7.46. The Morgan fingerprint density at radius 1 is 0.960 bits per heavy atom. The summed E-state index contributed by atoms with van der Waals surface area (Å²) in [6.45, 7) is 3.06. The zero-order chi connectivity index (χ0) is 18.6. The van der Waals surface area contributed by atoms with Crippen LogP contribution in [0.25, 0.3) is 0 Å². The third-order valence-electron chi connectivity index (χ3n) is 3.67. The van der Waals surface area contributed by atoms with E-state index in [1.807, 2.05) is 0 Å². The number of carbonyl (C=O) groups excluding carboxylic acids is 2. The largest absolute Gasteiger partial charge is 0.495 e. The normalized spacial score (nSPS) is 10.9. The van der Waals surface area contributed by atoms with Crippen LogP contribution in [-0.2, 0) is 9.59 Å². The first kappa shape index (κ1) is 19.1. The predicted octanol–water partition coefficient (Wildman–Crippen LogP) is 4.61. The van der Waals surface area contributed by atoms with Gasteiger partial charge >= 0.3 is 0 Å². The predicted molar refractivity (Wildman–Crippen MR) is 100 cm³/mol. The van der Waals surface area contributed by atoms with E-state index in [9.17, 15) is 9.59 Å². The van der Waals surface area contributed by atoms with Crippen LogP contribution in [0.4, 0.5) is 11.4 Å². The minimum atomic E-state index is -1.33. The number of hydrogen-bond acceptors (Lipinski definition) is 3. The van der Waals surface area contributed by atoms with Crippen LogP contribution in [0.2, 0.25) is 10.0 Å². The van der Waals surface area contributed by atoms with Gasteiger partial charge in [0.05, 0.1) is 22.8 Å². The van der Waals surface area contributed by atoms with Crippen LogP contribution in [0.1, 0.15) is 13.8 Å². The summed E-state index contributed by atoms with van der Waals surface area (Å²) >= 11 is 11.8. The second-order valence-corrected chi connectivity index (χ2v) is 6.68. The van der Waals surface area contributed by atoms with E-state index in [4.69, 9.17) is 27.9 Å². The second-order valence-electron chi connectivity index (χ2n) is 5.86. The highest BCUT2D eigenvalue weighted by Gasteiger charge is 2.36. The molecule has 0 aliphatic heterocycles. The highest BCUT2D eigenvalue weighted by atomic mass is 35.5. The van der Waals surface area contributed by atoms with Crippen molar-refractivity contribution in [1.29, 1.82) is 0 Å². The SMILES string of the molecule is COc1ccccc1NC(=O)C(C)(C)C(=O)Nc1ccc(Cl)c(Cl)c1. The number of methoxy groups -OCH3 is 1. The molecular formula is C18H18Cl2N2O3. The van der Waals surface area contributed by atoms with E-state index in [1.54, 1.807) is 36.4 Å². The van der Waals surface area contributed by atoms with Gasteiger partial charge in [-0.15, -0.1) is 0 Å². The van der Waals surface area contributed by atoms with Crippen molar-refractivity contribution >= 4 is 46.4 Å². The van der Waals surface area contributed by atoms with Crippen LogP contribution < -0.4 is 15.4 Å². The molecule has 0 aliphatic rings. The molecule has 2 rings (SSSR count). The Balaban J connectivity index is 2.14. The molecule has 2 aromatic carbocycles. The Morgan fingerprint density at radius 3 is 2.24 bits per heavy atom. The van der Waals surface area contributed by atoms with Gasteiger partial charge in [0.1, 0.15) is 11.2 Å². The number of para-hydroxylation sites is 2. The lowest BCUT2D eigenvalue weighted by Crippen LogP contribution is -2.41. The molecule has 0 aliphatic carbocycles. The average molecular weight is 381 g/mol. The zero-order valence-corrected chi connectivity index (χ0v) is 15.5. The summed E-state index contributed by atoms with van der Waals surface area (Å²) in [6.07, 6.45) is 0. The van der Waals surface area contributed by atoms with Gasteiger partial charge in [-0.25, -0.2) is 0 Å². The van der Waals surface area contributed by atoms with Gasteiger partial charge in [-0.05, 0) is 44.2 Å². The van der Waals surface area contributed by atoms with E-state index in [2.05, 4.69) is 10.6 Å². The van der Waals surface area contributed by atoms with E-state index in [0.29, 0.717) is 27.2 Å². The molecule has 0 saturated heterocycles. The molecule has 0 radical (unpaired) electrons. The van der Waals surface area contributed by atoms with Crippen molar-refractivity contribution in [2.75, 3.05) is 17.7 Å². The lowest BCUT2D eigenvalue weighted by molar-refractivity contribution is -0.135. The first-order valence-corrected chi connectivity index (χ1v) is 8.22. The molecule has 5 nitrogen and oxygen atoms in total. The molecule has 132 valence electrons. The monoisotopic (exact) mass is 380 g/mol. The maximum absolute atomic E-state index is 12.6. The van der Waals surface area contributed by atoms with Gasteiger partial charge in [0.15, 0.2) is 0 Å². The Kier molecular flexibility index (Phi) is 5.93. The smallest absolute Gasteiger partial charge is 0.239 e. The van der Waals surface area contributed by atoms with Gasteiger partial charge in [0.2, 0.25) is 11.8 Å².